The molecule has 138 valence electrons. The molecular formula is C19H18FN5O2. The third kappa shape index (κ3) is 3.14. The second-order valence-corrected chi connectivity index (χ2v) is 6.53. The van der Waals surface area contributed by atoms with Crippen molar-refractivity contribution >= 4 is 17.4 Å². The van der Waals surface area contributed by atoms with Crippen molar-refractivity contribution in [3.05, 3.63) is 70.7 Å². The molecule has 0 radical (unpaired) electrons. The zero-order valence-electron chi connectivity index (χ0n) is 14.7. The average Bonchev–Trinajstić information content (AvgIpc) is 2.69. The first kappa shape index (κ1) is 17.1. The van der Waals surface area contributed by atoms with E-state index in [9.17, 15) is 14.0 Å². The smallest absolute Gasteiger partial charge is 0.270 e. The maximum atomic E-state index is 13.1. The molecule has 1 atom stereocenters. The van der Waals surface area contributed by atoms with Crippen molar-refractivity contribution in [3.8, 4) is 0 Å². The van der Waals surface area contributed by atoms with E-state index in [0.717, 1.165) is 0 Å². The number of halogens is 1. The van der Waals surface area contributed by atoms with E-state index < -0.39 is 0 Å². The van der Waals surface area contributed by atoms with E-state index in [1.807, 2.05) is 11.8 Å². The number of anilines is 1. The highest BCUT2D eigenvalue weighted by Crippen LogP contribution is 2.19. The Morgan fingerprint density at radius 3 is 2.74 bits per heavy atom. The second kappa shape index (κ2) is 6.79. The molecule has 1 unspecified atom stereocenters. The van der Waals surface area contributed by atoms with Gasteiger partial charge in [-0.15, -0.1) is 0 Å². The average molecular weight is 367 g/mol. The normalized spacial score (nSPS) is 17.3. The number of fused-ring (bicyclic) bond motifs is 1. The summed E-state index contributed by atoms with van der Waals surface area (Å²) in [7, 11) is 0. The van der Waals surface area contributed by atoms with Crippen LogP contribution in [0.1, 0.15) is 17.3 Å². The first-order chi connectivity index (χ1) is 13.0. The van der Waals surface area contributed by atoms with E-state index >= 15 is 0 Å². The maximum absolute atomic E-state index is 13.1. The fourth-order valence-electron chi connectivity index (χ4n) is 3.36. The molecular weight excluding hydrogens is 349 g/mol. The van der Waals surface area contributed by atoms with Crippen molar-refractivity contribution in [3.63, 3.8) is 0 Å². The zero-order chi connectivity index (χ0) is 19.0. The van der Waals surface area contributed by atoms with Gasteiger partial charge in [-0.2, -0.15) is 0 Å². The third-order valence-corrected chi connectivity index (χ3v) is 4.76. The van der Waals surface area contributed by atoms with Crippen molar-refractivity contribution in [1.82, 2.24) is 19.3 Å². The summed E-state index contributed by atoms with van der Waals surface area (Å²) in [6.07, 6.45) is 4.13. The highest BCUT2D eigenvalue weighted by Gasteiger charge is 2.29. The number of carbonyl (C=O) groups excluding carboxylic acids is 1. The molecule has 4 rings (SSSR count). The van der Waals surface area contributed by atoms with Gasteiger partial charge in [0, 0.05) is 38.1 Å². The van der Waals surface area contributed by atoms with Crippen LogP contribution in [0.5, 0.6) is 0 Å². The summed E-state index contributed by atoms with van der Waals surface area (Å²) in [6, 6.07) is 8.20. The van der Waals surface area contributed by atoms with Gasteiger partial charge in [-0.05, 0) is 31.2 Å². The summed E-state index contributed by atoms with van der Waals surface area (Å²) < 4.78 is 14.5. The van der Waals surface area contributed by atoms with Crippen LogP contribution in [0.3, 0.4) is 0 Å². The molecule has 0 saturated carbocycles. The summed E-state index contributed by atoms with van der Waals surface area (Å²) in [5.74, 6) is -0.0442. The Hall–Kier alpha value is -3.29. The van der Waals surface area contributed by atoms with Gasteiger partial charge >= 0.3 is 0 Å². The Labute approximate surface area is 154 Å². The number of carbonyl (C=O) groups is 1. The van der Waals surface area contributed by atoms with Crippen LogP contribution in [0.4, 0.5) is 10.2 Å². The number of aromatic nitrogens is 3. The lowest BCUT2D eigenvalue weighted by Crippen LogP contribution is -2.54. The minimum Gasteiger partial charge on any atom is -0.350 e. The Morgan fingerprint density at radius 1 is 1.15 bits per heavy atom. The van der Waals surface area contributed by atoms with Crippen LogP contribution in [0.2, 0.25) is 0 Å². The van der Waals surface area contributed by atoms with Crippen LogP contribution in [0.25, 0.3) is 5.65 Å². The first-order valence-electron chi connectivity index (χ1n) is 8.68. The third-order valence-electron chi connectivity index (χ3n) is 4.76. The lowest BCUT2D eigenvalue weighted by molar-refractivity contribution is 0.0723. The van der Waals surface area contributed by atoms with Gasteiger partial charge in [0.15, 0.2) is 0 Å². The van der Waals surface area contributed by atoms with Crippen LogP contribution in [0.15, 0.2) is 53.7 Å². The lowest BCUT2D eigenvalue weighted by Gasteiger charge is -2.40. The molecule has 7 nitrogen and oxygen atoms in total. The van der Waals surface area contributed by atoms with Gasteiger partial charge in [-0.3, -0.25) is 14.0 Å². The summed E-state index contributed by atoms with van der Waals surface area (Å²) in [5, 5.41) is 0. The quantitative estimate of drug-likeness (QED) is 0.688. The van der Waals surface area contributed by atoms with Gasteiger partial charge in [0.05, 0.1) is 6.20 Å². The Kier molecular flexibility index (Phi) is 4.31. The van der Waals surface area contributed by atoms with Crippen LogP contribution in [0, 0.1) is 5.82 Å². The van der Waals surface area contributed by atoms with E-state index in [0.29, 0.717) is 31.1 Å². The molecule has 4 heterocycles. The molecule has 1 amide bonds. The first-order valence-corrected chi connectivity index (χ1v) is 8.68. The number of pyridine rings is 2. The zero-order valence-corrected chi connectivity index (χ0v) is 14.7. The number of piperazine rings is 1. The van der Waals surface area contributed by atoms with E-state index in [2.05, 4.69) is 9.97 Å². The largest absolute Gasteiger partial charge is 0.350 e. The Bertz CT molecular complexity index is 1050. The number of rotatable bonds is 2. The summed E-state index contributed by atoms with van der Waals surface area (Å²) >= 11 is 0. The molecule has 0 aliphatic carbocycles. The van der Waals surface area contributed by atoms with Gasteiger partial charge in [0.25, 0.3) is 11.5 Å². The Morgan fingerprint density at radius 2 is 2.00 bits per heavy atom. The fourth-order valence-corrected chi connectivity index (χ4v) is 3.36. The van der Waals surface area contributed by atoms with Crippen LogP contribution in [-0.4, -0.2) is 50.9 Å². The van der Waals surface area contributed by atoms with Crippen LogP contribution < -0.4 is 10.5 Å². The van der Waals surface area contributed by atoms with Crippen LogP contribution in [-0.2, 0) is 0 Å². The highest BCUT2D eigenvalue weighted by atomic mass is 19.1. The van der Waals surface area contributed by atoms with Gasteiger partial charge in [-0.25, -0.2) is 14.4 Å². The molecule has 3 aromatic heterocycles. The minimum atomic E-state index is -0.385. The molecule has 1 aliphatic heterocycles. The SMILES string of the molecule is CC1CN(C(=O)c2cnc3ccccn3c2=O)CCN1c1ccc(F)cn1. The maximum Gasteiger partial charge on any atom is 0.270 e. The molecule has 1 saturated heterocycles. The van der Waals surface area contributed by atoms with Crippen molar-refractivity contribution in [2.75, 3.05) is 24.5 Å². The minimum absolute atomic E-state index is 0.0168. The molecule has 3 aromatic rings. The number of amides is 1. The fraction of sp³-hybridized carbons (Fsp3) is 0.263. The molecule has 0 N–H and O–H groups in total. The van der Waals surface area contributed by atoms with Gasteiger partial charge in [-0.1, -0.05) is 6.07 Å². The second-order valence-electron chi connectivity index (χ2n) is 6.53. The predicted octanol–water partition coefficient (Wildman–Crippen LogP) is 1.58. The molecule has 0 spiro atoms. The lowest BCUT2D eigenvalue weighted by atomic mass is 10.1. The summed E-state index contributed by atoms with van der Waals surface area (Å²) in [5.41, 5.74) is 0.180. The number of hydrogen-bond acceptors (Lipinski definition) is 5. The van der Waals surface area contributed by atoms with Crippen LogP contribution >= 0.6 is 0 Å². The molecule has 0 aromatic carbocycles. The van der Waals surface area contributed by atoms with E-state index in [1.165, 1.54) is 22.9 Å². The monoisotopic (exact) mass is 367 g/mol. The van der Waals surface area contributed by atoms with Gasteiger partial charge in [0.2, 0.25) is 0 Å². The highest BCUT2D eigenvalue weighted by molar-refractivity contribution is 5.94. The topological polar surface area (TPSA) is 70.8 Å². The molecule has 27 heavy (non-hydrogen) atoms. The summed E-state index contributed by atoms with van der Waals surface area (Å²) in [4.78, 5) is 37.5. The van der Waals surface area contributed by atoms with Gasteiger partial charge in [0.1, 0.15) is 22.8 Å². The van der Waals surface area contributed by atoms with Crippen molar-refractivity contribution in [1.29, 1.82) is 0 Å². The predicted molar refractivity (Wildman–Crippen MR) is 98.4 cm³/mol. The Balaban J connectivity index is 1.55. The molecule has 0 bridgehead atoms. The summed E-state index contributed by atoms with van der Waals surface area (Å²) in [6.45, 7) is 3.40. The van der Waals surface area contributed by atoms with E-state index in [1.54, 1.807) is 35.4 Å². The number of hydrogen-bond donors (Lipinski definition) is 0. The standard InChI is InChI=1S/C19H18FN5O2/c1-13-12-23(8-9-24(13)17-6-5-14(20)10-21-17)18(26)15-11-22-16-4-2-3-7-25(16)19(15)27/h2-7,10-11,13H,8-9,12H2,1H3. The van der Waals surface area contributed by atoms with Crippen molar-refractivity contribution in [2.45, 2.75) is 13.0 Å². The molecule has 1 aliphatic rings. The van der Waals surface area contributed by atoms with E-state index in [4.69, 9.17) is 0 Å². The van der Waals surface area contributed by atoms with E-state index in [-0.39, 0.29) is 28.9 Å². The van der Waals surface area contributed by atoms with Crippen molar-refractivity contribution in [2.24, 2.45) is 0 Å². The van der Waals surface area contributed by atoms with Gasteiger partial charge < -0.3 is 9.80 Å². The van der Waals surface area contributed by atoms with Crippen molar-refractivity contribution < 1.29 is 9.18 Å². The molecule has 8 heteroatoms. The molecule has 1 fully saturated rings. The number of nitrogens with zero attached hydrogens (tertiary/aromatic N) is 5.